The number of methoxy groups -OCH3 is 1. The van der Waals surface area contributed by atoms with Crippen molar-refractivity contribution in [2.24, 2.45) is 0 Å². The fourth-order valence-electron chi connectivity index (χ4n) is 1.64. The minimum Gasteiger partial charge on any atom is -0.380 e. The maximum absolute atomic E-state index is 13.5. The molecule has 2 amide bonds. The van der Waals surface area contributed by atoms with Crippen molar-refractivity contribution in [3.05, 3.63) is 35.4 Å². The molecule has 1 aromatic carbocycles. The number of hydrogen-bond donors (Lipinski definition) is 2. The number of halogens is 2. The number of carbonyl (C=O) groups is 1. The molecule has 20 heavy (non-hydrogen) atoms. The van der Waals surface area contributed by atoms with Gasteiger partial charge in [-0.3, -0.25) is 0 Å². The van der Waals surface area contributed by atoms with Gasteiger partial charge in [0, 0.05) is 32.2 Å². The summed E-state index contributed by atoms with van der Waals surface area (Å²) in [4.78, 5) is 11.5. The molecule has 0 saturated carbocycles. The fraction of sp³-hybridized carbons (Fsp3) is 0.500. The smallest absolute Gasteiger partial charge is 0.314 e. The molecule has 1 rings (SSSR count). The zero-order valence-electron chi connectivity index (χ0n) is 11.9. The van der Waals surface area contributed by atoms with Gasteiger partial charge in [0.1, 0.15) is 11.6 Å². The van der Waals surface area contributed by atoms with Crippen LogP contribution in [0.4, 0.5) is 13.6 Å². The number of benzene rings is 1. The van der Waals surface area contributed by atoms with Crippen LogP contribution in [-0.2, 0) is 4.74 Å². The number of amides is 2. The molecule has 112 valence electrons. The highest BCUT2D eigenvalue weighted by Gasteiger charge is 2.13. The average molecular weight is 286 g/mol. The zero-order valence-corrected chi connectivity index (χ0v) is 11.9. The van der Waals surface area contributed by atoms with Gasteiger partial charge in [-0.1, -0.05) is 13.0 Å². The van der Waals surface area contributed by atoms with Crippen LogP contribution in [0.1, 0.15) is 25.3 Å². The van der Waals surface area contributed by atoms with Crippen LogP contribution in [-0.4, -0.2) is 32.3 Å². The van der Waals surface area contributed by atoms with Gasteiger partial charge in [0.15, 0.2) is 0 Å². The predicted molar refractivity (Wildman–Crippen MR) is 72.6 cm³/mol. The third kappa shape index (κ3) is 5.13. The average Bonchev–Trinajstić information content (AvgIpc) is 2.42. The minimum atomic E-state index is -0.613. The molecule has 0 unspecified atom stereocenters. The molecule has 0 aliphatic heterocycles. The number of carbonyl (C=O) groups excluding carboxylic acids is 1. The predicted octanol–water partition coefficient (Wildman–Crippen LogP) is 2.40. The highest BCUT2D eigenvalue weighted by atomic mass is 19.1. The maximum Gasteiger partial charge on any atom is 0.314 e. The summed E-state index contributed by atoms with van der Waals surface area (Å²) in [7, 11) is 1.56. The van der Waals surface area contributed by atoms with Crippen molar-refractivity contribution in [3.63, 3.8) is 0 Å². The molecular weight excluding hydrogens is 266 g/mol. The van der Waals surface area contributed by atoms with Crippen LogP contribution < -0.4 is 10.6 Å². The molecule has 0 aliphatic rings. The van der Waals surface area contributed by atoms with Gasteiger partial charge in [0.25, 0.3) is 0 Å². The Morgan fingerprint density at radius 3 is 2.50 bits per heavy atom. The number of nitrogens with one attached hydrogen (secondary N) is 2. The SMILES string of the molecule is CO[C@H](C)CNC(=O)NC[C@H](C)c1ccc(F)cc1F. The van der Waals surface area contributed by atoms with Crippen LogP contribution >= 0.6 is 0 Å². The number of rotatable bonds is 6. The van der Waals surface area contributed by atoms with E-state index in [1.165, 1.54) is 12.1 Å². The van der Waals surface area contributed by atoms with E-state index in [0.29, 0.717) is 12.1 Å². The monoisotopic (exact) mass is 286 g/mol. The van der Waals surface area contributed by atoms with Gasteiger partial charge in [-0.2, -0.15) is 0 Å². The molecule has 0 aliphatic carbocycles. The molecule has 2 atom stereocenters. The lowest BCUT2D eigenvalue weighted by atomic mass is 10.0. The normalized spacial score (nSPS) is 13.7. The molecule has 0 aromatic heterocycles. The summed E-state index contributed by atoms with van der Waals surface area (Å²) in [6, 6.07) is 3.09. The van der Waals surface area contributed by atoms with Crippen molar-refractivity contribution >= 4 is 6.03 Å². The Balaban J connectivity index is 2.42. The zero-order chi connectivity index (χ0) is 15.1. The molecule has 2 N–H and O–H groups in total. The van der Waals surface area contributed by atoms with E-state index < -0.39 is 11.6 Å². The van der Waals surface area contributed by atoms with E-state index in [1.807, 2.05) is 6.92 Å². The second-order valence-corrected chi connectivity index (χ2v) is 4.70. The number of ether oxygens (including phenoxy) is 1. The lowest BCUT2D eigenvalue weighted by Crippen LogP contribution is -2.40. The molecule has 0 heterocycles. The Bertz CT molecular complexity index is 455. The summed E-state index contributed by atoms with van der Waals surface area (Å²) in [5.74, 6) is -1.47. The molecular formula is C14H20F2N2O2. The van der Waals surface area contributed by atoms with Gasteiger partial charge >= 0.3 is 6.03 Å². The van der Waals surface area contributed by atoms with E-state index in [-0.39, 0.29) is 24.6 Å². The van der Waals surface area contributed by atoms with Crippen LogP contribution in [0.15, 0.2) is 18.2 Å². The van der Waals surface area contributed by atoms with E-state index >= 15 is 0 Å². The van der Waals surface area contributed by atoms with E-state index in [2.05, 4.69) is 10.6 Å². The van der Waals surface area contributed by atoms with Gasteiger partial charge in [-0.15, -0.1) is 0 Å². The Hall–Kier alpha value is -1.69. The summed E-state index contributed by atoms with van der Waals surface area (Å²) >= 11 is 0. The van der Waals surface area contributed by atoms with E-state index in [9.17, 15) is 13.6 Å². The first-order valence-corrected chi connectivity index (χ1v) is 6.43. The van der Waals surface area contributed by atoms with E-state index in [1.54, 1.807) is 14.0 Å². The van der Waals surface area contributed by atoms with Gasteiger partial charge in [-0.05, 0) is 18.6 Å². The van der Waals surface area contributed by atoms with E-state index in [0.717, 1.165) is 6.07 Å². The molecule has 6 heteroatoms. The molecule has 4 nitrogen and oxygen atoms in total. The van der Waals surface area contributed by atoms with Crippen molar-refractivity contribution in [1.29, 1.82) is 0 Å². The summed E-state index contributed by atoms with van der Waals surface area (Å²) < 4.78 is 31.3. The Morgan fingerprint density at radius 2 is 1.90 bits per heavy atom. The first kappa shape index (κ1) is 16.4. The lowest BCUT2D eigenvalue weighted by Gasteiger charge is -2.15. The van der Waals surface area contributed by atoms with Crippen molar-refractivity contribution in [2.75, 3.05) is 20.2 Å². The topological polar surface area (TPSA) is 50.4 Å². The van der Waals surface area contributed by atoms with Crippen molar-refractivity contribution in [2.45, 2.75) is 25.9 Å². The second-order valence-electron chi connectivity index (χ2n) is 4.70. The largest absolute Gasteiger partial charge is 0.380 e. The number of hydrogen-bond acceptors (Lipinski definition) is 2. The first-order chi connectivity index (χ1) is 9.43. The highest BCUT2D eigenvalue weighted by molar-refractivity contribution is 5.73. The Kier molecular flexibility index (Phi) is 6.38. The van der Waals surface area contributed by atoms with Crippen LogP contribution in [0.25, 0.3) is 0 Å². The quantitative estimate of drug-likeness (QED) is 0.843. The van der Waals surface area contributed by atoms with Gasteiger partial charge < -0.3 is 15.4 Å². The summed E-state index contributed by atoms with van der Waals surface area (Å²) in [6.07, 6.45) is -0.0762. The third-order valence-corrected chi connectivity index (χ3v) is 3.01. The highest BCUT2D eigenvalue weighted by Crippen LogP contribution is 2.18. The molecule has 0 spiro atoms. The summed E-state index contributed by atoms with van der Waals surface area (Å²) in [6.45, 7) is 4.24. The first-order valence-electron chi connectivity index (χ1n) is 6.43. The lowest BCUT2D eigenvalue weighted by molar-refractivity contribution is 0.118. The summed E-state index contributed by atoms with van der Waals surface area (Å²) in [5.41, 5.74) is 0.372. The summed E-state index contributed by atoms with van der Waals surface area (Å²) in [5, 5.41) is 5.27. The molecule has 0 saturated heterocycles. The molecule has 1 aromatic rings. The van der Waals surface area contributed by atoms with Crippen molar-refractivity contribution in [3.8, 4) is 0 Å². The standard InChI is InChI=1S/C14H20F2N2O2/c1-9(12-5-4-11(15)6-13(12)16)7-17-14(19)18-8-10(2)20-3/h4-6,9-10H,7-8H2,1-3H3,(H2,17,18,19)/t9-,10+/m0/s1. The Labute approximate surface area is 117 Å². The Morgan fingerprint density at radius 1 is 1.25 bits per heavy atom. The molecule has 0 radical (unpaired) electrons. The fourth-order valence-corrected chi connectivity index (χ4v) is 1.64. The maximum atomic E-state index is 13.5. The third-order valence-electron chi connectivity index (χ3n) is 3.01. The second kappa shape index (κ2) is 7.79. The van der Waals surface area contributed by atoms with Crippen LogP contribution in [0.2, 0.25) is 0 Å². The minimum absolute atomic E-state index is 0.0762. The molecule has 0 fully saturated rings. The van der Waals surface area contributed by atoms with Crippen LogP contribution in [0.5, 0.6) is 0 Å². The van der Waals surface area contributed by atoms with Crippen LogP contribution in [0, 0.1) is 11.6 Å². The van der Waals surface area contributed by atoms with Crippen molar-refractivity contribution < 1.29 is 18.3 Å². The van der Waals surface area contributed by atoms with Gasteiger partial charge in [-0.25, -0.2) is 13.6 Å². The molecule has 0 bridgehead atoms. The van der Waals surface area contributed by atoms with Crippen molar-refractivity contribution in [1.82, 2.24) is 10.6 Å². The van der Waals surface area contributed by atoms with Gasteiger partial charge in [0.2, 0.25) is 0 Å². The van der Waals surface area contributed by atoms with Gasteiger partial charge in [0.05, 0.1) is 6.10 Å². The number of urea groups is 1. The van der Waals surface area contributed by atoms with Crippen LogP contribution in [0.3, 0.4) is 0 Å². The van der Waals surface area contributed by atoms with E-state index in [4.69, 9.17) is 4.74 Å².